The van der Waals surface area contributed by atoms with Gasteiger partial charge in [0, 0.05) is 12.2 Å². The number of carbonyl (C=O) groups is 2. The van der Waals surface area contributed by atoms with Crippen LogP contribution >= 0.6 is 12.4 Å². The molecule has 27 heavy (non-hydrogen) atoms. The molecule has 1 fully saturated rings. The van der Waals surface area contributed by atoms with Crippen molar-refractivity contribution in [3.05, 3.63) is 54.1 Å². The first-order valence-electron chi connectivity index (χ1n) is 8.37. The lowest BCUT2D eigenvalue weighted by molar-refractivity contribution is -0.123. The summed E-state index contributed by atoms with van der Waals surface area (Å²) in [6, 6.07) is 13.2. The summed E-state index contributed by atoms with van der Waals surface area (Å²) in [7, 11) is 0. The van der Waals surface area contributed by atoms with Crippen molar-refractivity contribution < 1.29 is 19.1 Å². The van der Waals surface area contributed by atoms with E-state index in [0.29, 0.717) is 35.9 Å². The summed E-state index contributed by atoms with van der Waals surface area (Å²) >= 11 is 0. The van der Waals surface area contributed by atoms with Crippen LogP contribution in [-0.2, 0) is 9.53 Å². The summed E-state index contributed by atoms with van der Waals surface area (Å²) in [6.07, 6.45) is -0.184. The Kier molecular flexibility index (Phi) is 7.18. The van der Waals surface area contributed by atoms with Crippen molar-refractivity contribution in [1.29, 1.82) is 0 Å². The van der Waals surface area contributed by atoms with Gasteiger partial charge in [-0.1, -0.05) is 12.1 Å². The summed E-state index contributed by atoms with van der Waals surface area (Å²) in [5.74, 6) is 0.212. The molecular formula is C19H22ClN3O4. The van der Waals surface area contributed by atoms with Gasteiger partial charge in [0.15, 0.2) is 0 Å². The third-order valence-electron chi connectivity index (χ3n) is 4.10. The van der Waals surface area contributed by atoms with Crippen molar-refractivity contribution >= 4 is 29.9 Å². The molecular weight excluding hydrogens is 370 g/mol. The molecule has 2 amide bonds. The molecule has 2 atom stereocenters. The number of carbonyl (C=O) groups excluding carboxylic acids is 2. The minimum atomic E-state index is -0.555. The van der Waals surface area contributed by atoms with Crippen LogP contribution in [0, 0.1) is 0 Å². The van der Waals surface area contributed by atoms with Gasteiger partial charge in [-0.25, -0.2) is 0 Å². The lowest BCUT2D eigenvalue weighted by atomic mass is 10.1. The number of benzene rings is 2. The van der Waals surface area contributed by atoms with Crippen LogP contribution in [-0.4, -0.2) is 37.1 Å². The van der Waals surface area contributed by atoms with E-state index in [1.54, 1.807) is 48.5 Å². The van der Waals surface area contributed by atoms with Crippen LogP contribution < -0.4 is 21.1 Å². The molecule has 1 aliphatic rings. The number of hydrogen-bond donors (Lipinski definition) is 3. The van der Waals surface area contributed by atoms with E-state index in [9.17, 15) is 9.59 Å². The molecule has 144 valence electrons. The van der Waals surface area contributed by atoms with Crippen molar-refractivity contribution in [3.8, 4) is 11.5 Å². The van der Waals surface area contributed by atoms with Crippen LogP contribution in [0.15, 0.2) is 48.5 Å². The Morgan fingerprint density at radius 1 is 1.19 bits per heavy atom. The molecule has 1 saturated heterocycles. The summed E-state index contributed by atoms with van der Waals surface area (Å²) < 4.78 is 11.2. The first-order valence-corrected chi connectivity index (χ1v) is 8.37. The van der Waals surface area contributed by atoms with Crippen LogP contribution in [0.3, 0.4) is 0 Å². The SMILES string of the molecule is C[C@H]1OCCN[C@@H]1C(=O)Nc1ccc(Oc2ccccc2C(N)=O)cc1.Cl. The number of ether oxygens (including phenoxy) is 2. The standard InChI is InChI=1S/C19H21N3O4.ClH/c1-12-17(21-10-11-25-12)19(24)22-13-6-8-14(9-7-13)26-16-5-3-2-4-15(16)18(20)23;/h2-9,12,17,21H,10-11H2,1H3,(H2,20,23)(H,22,24);1H/t12-,17+;/m1./s1. The molecule has 1 aliphatic heterocycles. The van der Waals surface area contributed by atoms with E-state index < -0.39 is 5.91 Å². The molecule has 4 N–H and O–H groups in total. The number of rotatable bonds is 5. The summed E-state index contributed by atoms with van der Waals surface area (Å²) in [5, 5.41) is 6.00. The zero-order valence-corrected chi connectivity index (χ0v) is 15.6. The van der Waals surface area contributed by atoms with E-state index in [2.05, 4.69) is 10.6 Å². The van der Waals surface area contributed by atoms with Gasteiger partial charge in [0.2, 0.25) is 5.91 Å². The third kappa shape index (κ3) is 5.19. The first kappa shape index (κ1) is 20.7. The van der Waals surface area contributed by atoms with E-state index in [1.165, 1.54) is 0 Å². The van der Waals surface area contributed by atoms with Gasteiger partial charge in [-0.15, -0.1) is 12.4 Å². The predicted molar refractivity (Wildman–Crippen MR) is 105 cm³/mol. The second-order valence-electron chi connectivity index (χ2n) is 5.98. The van der Waals surface area contributed by atoms with E-state index in [0.717, 1.165) is 0 Å². The second kappa shape index (κ2) is 9.36. The van der Waals surface area contributed by atoms with E-state index in [1.807, 2.05) is 6.92 Å². The number of morpholine rings is 1. The van der Waals surface area contributed by atoms with Gasteiger partial charge < -0.3 is 25.8 Å². The number of para-hydroxylation sites is 1. The molecule has 0 saturated carbocycles. The number of nitrogens with two attached hydrogens (primary N) is 1. The highest BCUT2D eigenvalue weighted by molar-refractivity contribution is 5.96. The predicted octanol–water partition coefficient (Wildman–Crippen LogP) is 2.31. The molecule has 8 heteroatoms. The zero-order chi connectivity index (χ0) is 18.5. The van der Waals surface area contributed by atoms with Gasteiger partial charge in [-0.05, 0) is 43.3 Å². The number of nitrogens with one attached hydrogen (secondary N) is 2. The molecule has 1 heterocycles. The van der Waals surface area contributed by atoms with Crippen LogP contribution in [0.4, 0.5) is 5.69 Å². The van der Waals surface area contributed by atoms with Gasteiger partial charge in [-0.2, -0.15) is 0 Å². The van der Waals surface area contributed by atoms with Crippen LogP contribution in [0.1, 0.15) is 17.3 Å². The van der Waals surface area contributed by atoms with E-state index in [4.69, 9.17) is 15.2 Å². The number of halogens is 1. The maximum atomic E-state index is 12.3. The molecule has 0 radical (unpaired) electrons. The first-order chi connectivity index (χ1) is 12.5. The van der Waals surface area contributed by atoms with Crippen LogP contribution in [0.5, 0.6) is 11.5 Å². The molecule has 0 aromatic heterocycles. The van der Waals surface area contributed by atoms with Gasteiger partial charge >= 0.3 is 0 Å². The topological polar surface area (TPSA) is 103 Å². The Bertz CT molecular complexity index is 798. The van der Waals surface area contributed by atoms with Gasteiger partial charge in [-0.3, -0.25) is 9.59 Å². The smallest absolute Gasteiger partial charge is 0.252 e. The maximum Gasteiger partial charge on any atom is 0.252 e. The van der Waals surface area contributed by atoms with E-state index in [-0.39, 0.29) is 30.5 Å². The fourth-order valence-corrected chi connectivity index (χ4v) is 2.74. The number of amides is 2. The Morgan fingerprint density at radius 3 is 2.56 bits per heavy atom. The summed E-state index contributed by atoms with van der Waals surface area (Å²) in [4.78, 5) is 23.8. The number of primary amides is 1. The monoisotopic (exact) mass is 391 g/mol. The summed E-state index contributed by atoms with van der Waals surface area (Å²) in [6.45, 7) is 3.11. The third-order valence-corrected chi connectivity index (χ3v) is 4.10. The van der Waals surface area contributed by atoms with Crippen molar-refractivity contribution in [2.45, 2.75) is 19.1 Å². The highest BCUT2D eigenvalue weighted by Gasteiger charge is 2.28. The molecule has 3 rings (SSSR count). The fourth-order valence-electron chi connectivity index (χ4n) is 2.74. The highest BCUT2D eigenvalue weighted by Crippen LogP contribution is 2.26. The van der Waals surface area contributed by atoms with Gasteiger partial charge in [0.1, 0.15) is 17.5 Å². The quantitative estimate of drug-likeness (QED) is 0.725. The Hall–Kier alpha value is -2.61. The largest absolute Gasteiger partial charge is 0.457 e. The molecule has 0 spiro atoms. The van der Waals surface area contributed by atoms with Crippen molar-refractivity contribution in [2.24, 2.45) is 5.73 Å². The van der Waals surface area contributed by atoms with Gasteiger partial charge in [0.25, 0.3) is 5.91 Å². The maximum absolute atomic E-state index is 12.3. The minimum Gasteiger partial charge on any atom is -0.457 e. The summed E-state index contributed by atoms with van der Waals surface area (Å²) in [5.41, 5.74) is 6.30. The Morgan fingerprint density at radius 2 is 1.89 bits per heavy atom. The Labute approximate surface area is 163 Å². The van der Waals surface area contributed by atoms with Crippen molar-refractivity contribution in [3.63, 3.8) is 0 Å². The second-order valence-corrected chi connectivity index (χ2v) is 5.98. The van der Waals surface area contributed by atoms with Crippen LogP contribution in [0.25, 0.3) is 0 Å². The van der Waals surface area contributed by atoms with Crippen LogP contribution in [0.2, 0.25) is 0 Å². The fraction of sp³-hybridized carbons (Fsp3) is 0.263. The average Bonchev–Trinajstić information content (AvgIpc) is 2.64. The van der Waals surface area contributed by atoms with Crippen molar-refractivity contribution in [2.75, 3.05) is 18.5 Å². The molecule has 0 bridgehead atoms. The van der Waals surface area contributed by atoms with E-state index >= 15 is 0 Å². The molecule has 2 aromatic carbocycles. The van der Waals surface area contributed by atoms with Crippen molar-refractivity contribution in [1.82, 2.24) is 5.32 Å². The number of anilines is 1. The minimum absolute atomic E-state index is 0. The highest BCUT2D eigenvalue weighted by atomic mass is 35.5. The Balaban J connectivity index is 0.00000261. The van der Waals surface area contributed by atoms with Gasteiger partial charge in [0.05, 0.1) is 18.3 Å². The lowest BCUT2D eigenvalue weighted by Gasteiger charge is -2.29. The molecule has 7 nitrogen and oxygen atoms in total. The zero-order valence-electron chi connectivity index (χ0n) is 14.8. The lowest BCUT2D eigenvalue weighted by Crippen LogP contribution is -2.53. The normalized spacial score (nSPS) is 18.9. The number of hydrogen-bond acceptors (Lipinski definition) is 5. The molecule has 2 aromatic rings. The molecule has 0 unspecified atom stereocenters. The average molecular weight is 392 g/mol. The molecule has 0 aliphatic carbocycles.